The third-order valence-electron chi connectivity index (χ3n) is 1.69. The lowest BCUT2D eigenvalue weighted by molar-refractivity contribution is -0.119. The standard InChI is InChI=1S/C6H11NO2/c1-4(8)5-2-6(9)7-3-5/h4-5,8H,2-3H2,1H3,(H,7,9)/t4?,5-/m0/s1. The minimum Gasteiger partial charge on any atom is -0.393 e. The largest absolute Gasteiger partial charge is 0.393 e. The van der Waals surface area contributed by atoms with Gasteiger partial charge in [0.1, 0.15) is 0 Å². The summed E-state index contributed by atoms with van der Waals surface area (Å²) in [6.45, 7) is 2.35. The molecular formula is C6H11NO2. The summed E-state index contributed by atoms with van der Waals surface area (Å²) in [5, 5.41) is 11.6. The van der Waals surface area contributed by atoms with Crippen molar-refractivity contribution in [3.8, 4) is 0 Å². The number of hydrogen-bond acceptors (Lipinski definition) is 2. The second kappa shape index (κ2) is 2.35. The summed E-state index contributed by atoms with van der Waals surface area (Å²) in [6.07, 6.45) is 0.126. The quantitative estimate of drug-likeness (QED) is 0.501. The van der Waals surface area contributed by atoms with Crippen molar-refractivity contribution in [2.75, 3.05) is 6.54 Å². The van der Waals surface area contributed by atoms with Crippen LogP contribution in [0.1, 0.15) is 13.3 Å². The molecule has 0 aromatic heterocycles. The average molecular weight is 129 g/mol. The number of aliphatic hydroxyl groups is 1. The molecule has 1 aliphatic heterocycles. The molecule has 0 spiro atoms. The van der Waals surface area contributed by atoms with E-state index in [1.54, 1.807) is 6.92 Å². The number of nitrogens with one attached hydrogen (secondary N) is 1. The van der Waals surface area contributed by atoms with Crippen molar-refractivity contribution in [1.82, 2.24) is 5.32 Å². The van der Waals surface area contributed by atoms with Crippen LogP contribution in [0.25, 0.3) is 0 Å². The van der Waals surface area contributed by atoms with E-state index in [0.717, 1.165) is 0 Å². The van der Waals surface area contributed by atoms with Gasteiger partial charge < -0.3 is 10.4 Å². The predicted molar refractivity (Wildman–Crippen MR) is 32.8 cm³/mol. The molecule has 2 N–H and O–H groups in total. The molecule has 1 saturated heterocycles. The van der Waals surface area contributed by atoms with E-state index < -0.39 is 0 Å². The third-order valence-corrected chi connectivity index (χ3v) is 1.69. The highest BCUT2D eigenvalue weighted by atomic mass is 16.3. The number of hydrogen-bond donors (Lipinski definition) is 2. The van der Waals surface area contributed by atoms with Crippen molar-refractivity contribution in [1.29, 1.82) is 0 Å². The highest BCUT2D eigenvalue weighted by molar-refractivity contribution is 5.78. The molecule has 1 amide bonds. The van der Waals surface area contributed by atoms with Gasteiger partial charge in [-0.3, -0.25) is 4.79 Å². The molecule has 52 valence electrons. The number of carbonyl (C=O) groups excluding carboxylic acids is 1. The number of rotatable bonds is 1. The highest BCUT2D eigenvalue weighted by Crippen LogP contribution is 2.12. The molecule has 0 aliphatic carbocycles. The Morgan fingerprint density at radius 3 is 2.78 bits per heavy atom. The van der Waals surface area contributed by atoms with Crippen LogP contribution in [0.5, 0.6) is 0 Å². The van der Waals surface area contributed by atoms with Gasteiger partial charge in [0.15, 0.2) is 0 Å². The minimum atomic E-state index is -0.357. The van der Waals surface area contributed by atoms with Crippen LogP contribution in [0.15, 0.2) is 0 Å². The van der Waals surface area contributed by atoms with Gasteiger partial charge in [-0.1, -0.05) is 0 Å². The van der Waals surface area contributed by atoms with Gasteiger partial charge >= 0.3 is 0 Å². The Balaban J connectivity index is 2.39. The van der Waals surface area contributed by atoms with Gasteiger partial charge in [-0.2, -0.15) is 0 Å². The molecule has 1 aliphatic rings. The predicted octanol–water partition coefficient (Wildman–Crippen LogP) is -0.497. The maximum absolute atomic E-state index is 10.5. The molecule has 2 atom stereocenters. The highest BCUT2D eigenvalue weighted by Gasteiger charge is 2.24. The van der Waals surface area contributed by atoms with Crippen molar-refractivity contribution in [2.24, 2.45) is 5.92 Å². The van der Waals surface area contributed by atoms with Crippen LogP contribution in [-0.4, -0.2) is 23.7 Å². The summed E-state index contributed by atoms with van der Waals surface area (Å²) in [5.74, 6) is 0.193. The van der Waals surface area contributed by atoms with Crippen LogP contribution in [0.3, 0.4) is 0 Å². The second-order valence-electron chi connectivity index (χ2n) is 2.51. The molecule has 1 fully saturated rings. The van der Waals surface area contributed by atoms with Gasteiger partial charge in [-0.15, -0.1) is 0 Å². The molecule has 0 radical (unpaired) electrons. The van der Waals surface area contributed by atoms with Crippen LogP contribution in [0.2, 0.25) is 0 Å². The summed E-state index contributed by atoms with van der Waals surface area (Å²) in [7, 11) is 0. The van der Waals surface area contributed by atoms with E-state index in [1.165, 1.54) is 0 Å². The zero-order valence-electron chi connectivity index (χ0n) is 5.42. The monoisotopic (exact) mass is 129 g/mol. The van der Waals surface area contributed by atoms with Crippen molar-refractivity contribution >= 4 is 5.91 Å². The van der Waals surface area contributed by atoms with Crippen LogP contribution in [-0.2, 0) is 4.79 Å². The Kier molecular flexibility index (Phi) is 1.71. The summed E-state index contributed by atoms with van der Waals surface area (Å²) >= 11 is 0. The molecule has 3 nitrogen and oxygen atoms in total. The smallest absolute Gasteiger partial charge is 0.220 e. The maximum Gasteiger partial charge on any atom is 0.220 e. The van der Waals surface area contributed by atoms with Gasteiger partial charge in [0, 0.05) is 18.9 Å². The first-order valence-corrected chi connectivity index (χ1v) is 3.15. The van der Waals surface area contributed by atoms with Crippen molar-refractivity contribution in [3.63, 3.8) is 0 Å². The van der Waals surface area contributed by atoms with E-state index in [-0.39, 0.29) is 17.9 Å². The molecule has 0 aromatic rings. The lowest BCUT2D eigenvalue weighted by atomic mass is 10.0. The zero-order chi connectivity index (χ0) is 6.85. The summed E-state index contributed by atoms with van der Waals surface area (Å²) < 4.78 is 0. The molecule has 0 bridgehead atoms. The average Bonchev–Trinajstić information content (AvgIpc) is 2.14. The van der Waals surface area contributed by atoms with Gasteiger partial charge in [0.05, 0.1) is 6.10 Å². The van der Waals surface area contributed by atoms with Crippen molar-refractivity contribution < 1.29 is 9.90 Å². The molecule has 1 unspecified atom stereocenters. The first kappa shape index (κ1) is 6.55. The summed E-state index contributed by atoms with van der Waals surface area (Å²) in [6, 6.07) is 0. The molecule has 1 heterocycles. The molecule has 0 saturated carbocycles. The lowest BCUT2D eigenvalue weighted by Gasteiger charge is -2.08. The van der Waals surface area contributed by atoms with Gasteiger partial charge in [-0.25, -0.2) is 0 Å². The summed E-state index contributed by atoms with van der Waals surface area (Å²) in [4.78, 5) is 10.5. The van der Waals surface area contributed by atoms with E-state index >= 15 is 0 Å². The van der Waals surface area contributed by atoms with E-state index in [4.69, 9.17) is 5.11 Å². The molecule has 1 rings (SSSR count). The number of aliphatic hydroxyl groups excluding tert-OH is 1. The normalized spacial score (nSPS) is 30.0. The molecule has 9 heavy (non-hydrogen) atoms. The Hall–Kier alpha value is -0.570. The van der Waals surface area contributed by atoms with Crippen LogP contribution < -0.4 is 5.32 Å². The molecule has 0 aromatic carbocycles. The Labute approximate surface area is 54.1 Å². The van der Waals surface area contributed by atoms with Crippen molar-refractivity contribution in [2.45, 2.75) is 19.4 Å². The van der Waals surface area contributed by atoms with E-state index in [2.05, 4.69) is 5.32 Å². The topological polar surface area (TPSA) is 49.3 Å². The van der Waals surface area contributed by atoms with Gasteiger partial charge in [0.25, 0.3) is 0 Å². The van der Waals surface area contributed by atoms with Gasteiger partial charge in [-0.05, 0) is 6.92 Å². The Morgan fingerprint density at radius 1 is 1.89 bits per heavy atom. The molecular weight excluding hydrogens is 118 g/mol. The fourth-order valence-corrected chi connectivity index (χ4v) is 0.969. The van der Waals surface area contributed by atoms with E-state index in [9.17, 15) is 4.79 Å². The van der Waals surface area contributed by atoms with E-state index in [0.29, 0.717) is 13.0 Å². The Morgan fingerprint density at radius 2 is 2.56 bits per heavy atom. The SMILES string of the molecule is CC(O)[C@@H]1CNC(=O)C1. The third kappa shape index (κ3) is 1.42. The van der Waals surface area contributed by atoms with Crippen molar-refractivity contribution in [3.05, 3.63) is 0 Å². The van der Waals surface area contributed by atoms with E-state index in [1.807, 2.05) is 0 Å². The fraction of sp³-hybridized carbons (Fsp3) is 0.833. The van der Waals surface area contributed by atoms with Crippen LogP contribution in [0, 0.1) is 5.92 Å². The molecule has 3 heteroatoms. The minimum absolute atomic E-state index is 0.0564. The number of carbonyl (C=O) groups is 1. The van der Waals surface area contributed by atoms with Crippen LogP contribution in [0.4, 0.5) is 0 Å². The Bertz CT molecular complexity index is 122. The van der Waals surface area contributed by atoms with Crippen LogP contribution >= 0.6 is 0 Å². The maximum atomic E-state index is 10.5. The fourth-order valence-electron chi connectivity index (χ4n) is 0.969. The number of amides is 1. The van der Waals surface area contributed by atoms with Gasteiger partial charge in [0.2, 0.25) is 5.91 Å². The first-order valence-electron chi connectivity index (χ1n) is 3.15. The lowest BCUT2D eigenvalue weighted by Crippen LogP contribution is -2.19. The second-order valence-corrected chi connectivity index (χ2v) is 2.51. The summed E-state index contributed by atoms with van der Waals surface area (Å²) in [5.41, 5.74) is 0. The zero-order valence-corrected chi connectivity index (χ0v) is 5.42. The first-order chi connectivity index (χ1) is 4.20.